The normalized spacial score (nSPS) is 16.5. The Labute approximate surface area is 88.3 Å². The van der Waals surface area contributed by atoms with Crippen molar-refractivity contribution >= 4 is 11.7 Å². The molecule has 2 rings (SSSR count). The highest BCUT2D eigenvalue weighted by Crippen LogP contribution is 2.25. The molecule has 1 aromatic heterocycles. The molecule has 0 unspecified atom stereocenters. The molecule has 15 heavy (non-hydrogen) atoms. The predicted octanol–water partition coefficient (Wildman–Crippen LogP) is 0.814. The van der Waals surface area contributed by atoms with Gasteiger partial charge in [0, 0.05) is 19.3 Å². The summed E-state index contributed by atoms with van der Waals surface area (Å²) in [7, 11) is 0. The van der Waals surface area contributed by atoms with Crippen molar-refractivity contribution in [3.63, 3.8) is 0 Å². The minimum atomic E-state index is -0.861. The fourth-order valence-electron chi connectivity index (χ4n) is 1.78. The van der Waals surface area contributed by atoms with Crippen molar-refractivity contribution in [2.75, 3.05) is 18.0 Å². The highest BCUT2D eigenvalue weighted by Gasteiger charge is 2.25. The minimum Gasteiger partial charge on any atom is -0.480 e. The molecule has 0 amide bonds. The van der Waals surface area contributed by atoms with Crippen molar-refractivity contribution in [1.82, 2.24) is 9.78 Å². The van der Waals surface area contributed by atoms with Gasteiger partial charge in [-0.15, -0.1) is 0 Å². The number of hydrogen-bond acceptors (Lipinski definition) is 3. The molecule has 1 aliphatic rings. The summed E-state index contributed by atoms with van der Waals surface area (Å²) >= 11 is 0. The van der Waals surface area contributed by atoms with E-state index in [1.165, 1.54) is 11.1 Å². The lowest BCUT2D eigenvalue weighted by atomic mass is 9.97. The molecule has 0 spiro atoms. The molecular weight excluding hydrogens is 194 g/mol. The Morgan fingerprint density at radius 2 is 2.40 bits per heavy atom. The van der Waals surface area contributed by atoms with Crippen molar-refractivity contribution in [2.45, 2.75) is 19.9 Å². The Balaban J connectivity index is 1.93. The number of rotatable bonds is 4. The summed E-state index contributed by atoms with van der Waals surface area (Å²) < 4.78 is 1.46. The van der Waals surface area contributed by atoms with Crippen LogP contribution in [0.2, 0.25) is 0 Å². The van der Waals surface area contributed by atoms with E-state index in [1.54, 1.807) is 12.4 Å². The van der Waals surface area contributed by atoms with E-state index in [1.807, 2.05) is 0 Å². The zero-order chi connectivity index (χ0) is 10.8. The molecule has 0 radical (unpaired) electrons. The minimum absolute atomic E-state index is 0.0644. The first-order valence-corrected chi connectivity index (χ1v) is 5.18. The van der Waals surface area contributed by atoms with E-state index in [0.29, 0.717) is 0 Å². The summed E-state index contributed by atoms with van der Waals surface area (Å²) in [6.07, 6.45) is 4.73. The van der Waals surface area contributed by atoms with Crippen LogP contribution in [0.4, 0.5) is 5.69 Å². The lowest BCUT2D eigenvalue weighted by Crippen LogP contribution is -2.46. The van der Waals surface area contributed by atoms with E-state index < -0.39 is 5.97 Å². The number of carboxylic acids is 1. The third-order valence-corrected chi connectivity index (χ3v) is 2.82. The van der Waals surface area contributed by atoms with E-state index in [2.05, 4.69) is 16.9 Å². The van der Waals surface area contributed by atoms with Gasteiger partial charge in [-0.2, -0.15) is 5.10 Å². The molecule has 1 N–H and O–H groups in total. The Bertz CT molecular complexity index is 355. The Hall–Kier alpha value is -1.52. The molecule has 0 aliphatic carbocycles. The fraction of sp³-hybridized carbons (Fsp3) is 0.600. The first-order chi connectivity index (χ1) is 7.19. The van der Waals surface area contributed by atoms with Crippen molar-refractivity contribution < 1.29 is 9.90 Å². The molecule has 5 nitrogen and oxygen atoms in total. The van der Waals surface area contributed by atoms with Crippen LogP contribution in [0.15, 0.2) is 12.4 Å². The second-order valence-corrected chi connectivity index (χ2v) is 3.97. The lowest BCUT2D eigenvalue weighted by Gasteiger charge is -2.39. The second kappa shape index (κ2) is 3.92. The van der Waals surface area contributed by atoms with Gasteiger partial charge in [0.25, 0.3) is 0 Å². The molecule has 1 aromatic rings. The van der Waals surface area contributed by atoms with Gasteiger partial charge in [0.2, 0.25) is 0 Å². The first-order valence-electron chi connectivity index (χ1n) is 5.18. The number of aromatic nitrogens is 2. The van der Waals surface area contributed by atoms with Crippen LogP contribution >= 0.6 is 0 Å². The maximum absolute atomic E-state index is 10.5. The summed E-state index contributed by atoms with van der Waals surface area (Å²) in [5.74, 6) is -0.0764. The van der Waals surface area contributed by atoms with Crippen LogP contribution in [0.5, 0.6) is 0 Å². The highest BCUT2D eigenvalue weighted by molar-refractivity contribution is 5.66. The fourth-order valence-corrected chi connectivity index (χ4v) is 1.78. The maximum Gasteiger partial charge on any atom is 0.325 e. The Kier molecular flexibility index (Phi) is 2.62. The molecule has 0 saturated carbocycles. The van der Waals surface area contributed by atoms with E-state index in [-0.39, 0.29) is 6.54 Å². The summed E-state index contributed by atoms with van der Waals surface area (Å²) in [6, 6.07) is 0. The number of anilines is 1. The van der Waals surface area contributed by atoms with E-state index >= 15 is 0 Å². The van der Waals surface area contributed by atoms with Crippen LogP contribution in [-0.4, -0.2) is 33.9 Å². The maximum atomic E-state index is 10.5. The Morgan fingerprint density at radius 3 is 3.00 bits per heavy atom. The third-order valence-electron chi connectivity index (χ3n) is 2.82. The van der Waals surface area contributed by atoms with Crippen LogP contribution in [-0.2, 0) is 11.3 Å². The largest absolute Gasteiger partial charge is 0.480 e. The summed E-state index contributed by atoms with van der Waals surface area (Å²) in [5, 5.41) is 12.6. The molecule has 1 saturated heterocycles. The zero-order valence-corrected chi connectivity index (χ0v) is 8.76. The van der Waals surface area contributed by atoms with Gasteiger partial charge in [-0.25, -0.2) is 0 Å². The van der Waals surface area contributed by atoms with Gasteiger partial charge in [0.05, 0.1) is 11.9 Å². The molecule has 0 atom stereocenters. The van der Waals surface area contributed by atoms with Gasteiger partial charge in [-0.3, -0.25) is 9.48 Å². The quantitative estimate of drug-likeness (QED) is 0.797. The topological polar surface area (TPSA) is 58.4 Å². The van der Waals surface area contributed by atoms with Gasteiger partial charge < -0.3 is 10.0 Å². The van der Waals surface area contributed by atoms with Crippen LogP contribution in [0.3, 0.4) is 0 Å². The molecule has 1 fully saturated rings. The number of carboxylic acid groups (broad SMARTS) is 1. The SMILES string of the molecule is CCC1CN(c2cnn(CC(=O)O)c2)C1. The molecule has 1 aliphatic heterocycles. The lowest BCUT2D eigenvalue weighted by molar-refractivity contribution is -0.137. The predicted molar refractivity (Wildman–Crippen MR) is 55.9 cm³/mol. The standard InChI is InChI=1S/C10H15N3O2/c1-2-8-4-12(5-8)9-3-11-13(6-9)7-10(14)15/h3,6,8H,2,4-5,7H2,1H3,(H,14,15). The van der Waals surface area contributed by atoms with Crippen molar-refractivity contribution in [3.8, 4) is 0 Å². The smallest absolute Gasteiger partial charge is 0.325 e. The summed E-state index contributed by atoms with van der Waals surface area (Å²) in [5.41, 5.74) is 1.03. The summed E-state index contributed by atoms with van der Waals surface area (Å²) in [4.78, 5) is 12.7. The monoisotopic (exact) mass is 209 g/mol. The third kappa shape index (κ3) is 2.11. The summed E-state index contributed by atoms with van der Waals surface area (Å²) in [6.45, 7) is 4.26. The number of nitrogens with zero attached hydrogens (tertiary/aromatic N) is 3. The van der Waals surface area contributed by atoms with Gasteiger partial charge in [-0.1, -0.05) is 6.92 Å². The van der Waals surface area contributed by atoms with Crippen molar-refractivity contribution in [3.05, 3.63) is 12.4 Å². The molecule has 82 valence electrons. The van der Waals surface area contributed by atoms with E-state index in [0.717, 1.165) is 24.7 Å². The molecule has 5 heteroatoms. The van der Waals surface area contributed by atoms with E-state index in [9.17, 15) is 4.79 Å². The average molecular weight is 209 g/mol. The van der Waals surface area contributed by atoms with Gasteiger partial charge in [0.15, 0.2) is 0 Å². The number of hydrogen-bond donors (Lipinski definition) is 1. The van der Waals surface area contributed by atoms with Crippen LogP contribution in [0.1, 0.15) is 13.3 Å². The van der Waals surface area contributed by atoms with Crippen molar-refractivity contribution in [1.29, 1.82) is 0 Å². The number of aliphatic carboxylic acids is 1. The van der Waals surface area contributed by atoms with Gasteiger partial charge in [-0.05, 0) is 12.3 Å². The molecular formula is C10H15N3O2. The van der Waals surface area contributed by atoms with Crippen LogP contribution in [0.25, 0.3) is 0 Å². The van der Waals surface area contributed by atoms with Crippen molar-refractivity contribution in [2.24, 2.45) is 5.92 Å². The first kappa shape index (κ1) is 10.0. The molecule has 2 heterocycles. The molecule has 0 bridgehead atoms. The van der Waals surface area contributed by atoms with Crippen LogP contribution in [0, 0.1) is 5.92 Å². The van der Waals surface area contributed by atoms with E-state index in [4.69, 9.17) is 5.11 Å². The highest BCUT2D eigenvalue weighted by atomic mass is 16.4. The number of carbonyl (C=O) groups is 1. The van der Waals surface area contributed by atoms with Crippen LogP contribution < -0.4 is 4.90 Å². The zero-order valence-electron chi connectivity index (χ0n) is 8.76. The molecule has 0 aromatic carbocycles. The average Bonchev–Trinajstić information content (AvgIpc) is 2.50. The van der Waals surface area contributed by atoms with Gasteiger partial charge >= 0.3 is 5.97 Å². The van der Waals surface area contributed by atoms with Gasteiger partial charge in [0.1, 0.15) is 6.54 Å². The second-order valence-electron chi connectivity index (χ2n) is 3.97. The Morgan fingerprint density at radius 1 is 1.67 bits per heavy atom.